The van der Waals surface area contributed by atoms with Gasteiger partial charge in [0.2, 0.25) is 0 Å². The van der Waals surface area contributed by atoms with Crippen molar-refractivity contribution in [1.82, 2.24) is 24.4 Å². The minimum atomic E-state index is -0.472. The Hall–Kier alpha value is -4.28. The van der Waals surface area contributed by atoms with E-state index in [0.29, 0.717) is 24.9 Å². The number of aromatic nitrogens is 4. The highest BCUT2D eigenvalue weighted by Gasteiger charge is 2.29. The maximum Gasteiger partial charge on any atom is 0.329 e. The van der Waals surface area contributed by atoms with Gasteiger partial charge < -0.3 is 15.0 Å². The summed E-state index contributed by atoms with van der Waals surface area (Å²) in [5.41, 5.74) is 4.38. The molecule has 0 aliphatic carbocycles. The number of nitrogens with zero attached hydrogens (tertiary/aromatic N) is 5. The number of fused-ring (bicyclic) bond motifs is 1. The molecular formula is C30H33N7O3. The largest absolute Gasteiger partial charge is 0.377 e. The third kappa shape index (κ3) is 5.41. The molecule has 2 N–H and O–H groups in total. The van der Waals surface area contributed by atoms with Crippen molar-refractivity contribution in [3.05, 3.63) is 98.3 Å². The first kappa shape index (κ1) is 26.0. The maximum atomic E-state index is 12.0. The quantitative estimate of drug-likeness (QED) is 0.385. The average molecular weight is 540 g/mol. The van der Waals surface area contributed by atoms with Crippen LogP contribution in [0.2, 0.25) is 0 Å². The zero-order chi connectivity index (χ0) is 27.6. The average Bonchev–Trinajstić information content (AvgIpc) is 2.96. The lowest BCUT2D eigenvalue weighted by Crippen LogP contribution is -2.45. The summed E-state index contributed by atoms with van der Waals surface area (Å²) in [6.45, 7) is 6.95. The molecule has 0 spiro atoms. The van der Waals surface area contributed by atoms with Crippen molar-refractivity contribution in [3.63, 3.8) is 0 Å². The van der Waals surface area contributed by atoms with Crippen molar-refractivity contribution < 1.29 is 4.74 Å². The molecule has 0 bridgehead atoms. The third-order valence-electron chi connectivity index (χ3n) is 7.58. The Kier molecular flexibility index (Phi) is 7.19. The van der Waals surface area contributed by atoms with E-state index in [4.69, 9.17) is 14.7 Å². The fourth-order valence-corrected chi connectivity index (χ4v) is 5.33. The second-order valence-electron chi connectivity index (χ2n) is 10.4. The van der Waals surface area contributed by atoms with E-state index in [1.807, 2.05) is 30.3 Å². The van der Waals surface area contributed by atoms with Gasteiger partial charge in [-0.1, -0.05) is 30.3 Å². The van der Waals surface area contributed by atoms with Gasteiger partial charge in [0.25, 0.3) is 5.56 Å². The Morgan fingerprint density at radius 2 is 1.85 bits per heavy atom. The summed E-state index contributed by atoms with van der Waals surface area (Å²) in [6.07, 6.45) is 0.902. The number of rotatable bonds is 6. The molecule has 4 heterocycles. The van der Waals surface area contributed by atoms with Crippen molar-refractivity contribution in [3.8, 4) is 11.4 Å². The molecule has 1 fully saturated rings. The van der Waals surface area contributed by atoms with E-state index >= 15 is 0 Å². The van der Waals surface area contributed by atoms with E-state index in [1.54, 1.807) is 0 Å². The van der Waals surface area contributed by atoms with Crippen LogP contribution in [0.15, 0.2) is 70.3 Å². The predicted molar refractivity (Wildman–Crippen MR) is 155 cm³/mol. The van der Waals surface area contributed by atoms with Crippen molar-refractivity contribution in [2.45, 2.75) is 32.5 Å². The maximum absolute atomic E-state index is 12.0. The van der Waals surface area contributed by atoms with Gasteiger partial charge in [0.1, 0.15) is 11.6 Å². The Morgan fingerprint density at radius 3 is 2.60 bits per heavy atom. The highest BCUT2D eigenvalue weighted by molar-refractivity contribution is 5.65. The second kappa shape index (κ2) is 11.1. The van der Waals surface area contributed by atoms with Gasteiger partial charge in [-0.3, -0.25) is 19.2 Å². The van der Waals surface area contributed by atoms with E-state index in [-0.39, 0.29) is 11.6 Å². The molecule has 1 saturated heterocycles. The number of hydrogen-bond donors (Lipinski definition) is 2. The molecule has 1 atom stereocenters. The Bertz CT molecular complexity index is 1580. The normalized spacial score (nSPS) is 17.4. The molecular weight excluding hydrogens is 506 g/mol. The van der Waals surface area contributed by atoms with Crippen LogP contribution in [-0.4, -0.2) is 56.8 Å². The lowest BCUT2D eigenvalue weighted by molar-refractivity contribution is 0.0983. The van der Waals surface area contributed by atoms with Crippen LogP contribution in [0.3, 0.4) is 0 Å². The van der Waals surface area contributed by atoms with Crippen molar-refractivity contribution in [1.29, 1.82) is 0 Å². The number of H-pyrrole nitrogens is 1. The molecule has 0 radical (unpaired) electrons. The van der Waals surface area contributed by atoms with Crippen LogP contribution >= 0.6 is 0 Å². The first-order valence-electron chi connectivity index (χ1n) is 13.6. The highest BCUT2D eigenvalue weighted by Crippen LogP contribution is 2.32. The van der Waals surface area contributed by atoms with Gasteiger partial charge in [0.15, 0.2) is 5.82 Å². The van der Waals surface area contributed by atoms with E-state index in [9.17, 15) is 9.59 Å². The van der Waals surface area contributed by atoms with Gasteiger partial charge in [0.05, 0.1) is 24.9 Å². The van der Waals surface area contributed by atoms with Crippen LogP contribution in [0, 0.1) is 0 Å². The predicted octanol–water partition coefficient (Wildman–Crippen LogP) is 3.06. The van der Waals surface area contributed by atoms with Crippen LogP contribution in [0.5, 0.6) is 0 Å². The number of hydrogen-bond acceptors (Lipinski definition) is 8. The molecule has 0 saturated carbocycles. The molecule has 10 nitrogen and oxygen atoms in total. The number of morpholine rings is 1. The standard InChI is InChI=1S/C30H33N7O3/c1-20-19-40-15-14-37(20)29-24-12-13-36(17-21-6-4-3-5-7-21)18-25(24)32-28(34-29)22-8-10-23(11-9-22)31-26-16-27(38)35(2)30(39)33-26/h3-11,16,20,31H,12-15,17-19H2,1-2H3,(H,33,39)/t20-/m0/s1. The van der Waals surface area contributed by atoms with Gasteiger partial charge in [0, 0.05) is 56.1 Å². The Labute approximate surface area is 232 Å². The fourth-order valence-electron chi connectivity index (χ4n) is 5.33. The Balaban J connectivity index is 1.31. The van der Waals surface area contributed by atoms with Gasteiger partial charge in [-0.2, -0.15) is 0 Å². The number of nitrogens with one attached hydrogen (secondary N) is 2. The van der Waals surface area contributed by atoms with Crippen LogP contribution < -0.4 is 21.5 Å². The van der Waals surface area contributed by atoms with E-state index < -0.39 is 5.69 Å². The summed E-state index contributed by atoms with van der Waals surface area (Å²) in [7, 11) is 1.44. The summed E-state index contributed by atoms with van der Waals surface area (Å²) in [4.78, 5) is 41.6. The molecule has 2 aliphatic heterocycles. The minimum absolute atomic E-state index is 0.232. The number of benzene rings is 2. The van der Waals surface area contributed by atoms with Gasteiger partial charge in [-0.05, 0) is 43.2 Å². The van der Waals surface area contributed by atoms with E-state index in [2.05, 4.69) is 51.3 Å². The number of ether oxygens (including phenoxy) is 1. The van der Waals surface area contributed by atoms with Crippen molar-refractivity contribution in [2.24, 2.45) is 7.05 Å². The zero-order valence-corrected chi connectivity index (χ0v) is 22.8. The van der Waals surface area contributed by atoms with Gasteiger partial charge in [-0.15, -0.1) is 0 Å². The molecule has 6 rings (SSSR count). The summed E-state index contributed by atoms with van der Waals surface area (Å²) in [5, 5.41) is 3.10. The van der Waals surface area contributed by atoms with Crippen LogP contribution in [0.1, 0.15) is 23.7 Å². The van der Waals surface area contributed by atoms with Crippen molar-refractivity contribution in [2.75, 3.05) is 36.5 Å². The summed E-state index contributed by atoms with van der Waals surface area (Å²) >= 11 is 0. The third-order valence-corrected chi connectivity index (χ3v) is 7.58. The minimum Gasteiger partial charge on any atom is -0.377 e. The number of anilines is 3. The molecule has 2 aromatic carbocycles. The lowest BCUT2D eigenvalue weighted by Gasteiger charge is -2.38. The smallest absolute Gasteiger partial charge is 0.329 e. The first-order chi connectivity index (χ1) is 19.4. The molecule has 0 amide bonds. The summed E-state index contributed by atoms with van der Waals surface area (Å²) in [5.74, 6) is 2.03. The van der Waals surface area contributed by atoms with Crippen molar-refractivity contribution >= 4 is 17.3 Å². The van der Waals surface area contributed by atoms with Gasteiger partial charge in [-0.25, -0.2) is 14.8 Å². The zero-order valence-electron chi connectivity index (χ0n) is 22.8. The topological polar surface area (TPSA) is 108 Å². The van der Waals surface area contributed by atoms with E-state index in [1.165, 1.54) is 24.2 Å². The highest BCUT2D eigenvalue weighted by atomic mass is 16.5. The number of aromatic amines is 1. The van der Waals surface area contributed by atoms with E-state index in [0.717, 1.165) is 59.9 Å². The second-order valence-corrected chi connectivity index (χ2v) is 10.4. The van der Waals surface area contributed by atoms with Crippen LogP contribution in [0.4, 0.5) is 17.3 Å². The van der Waals surface area contributed by atoms with Gasteiger partial charge >= 0.3 is 5.69 Å². The molecule has 2 aromatic heterocycles. The molecule has 2 aliphatic rings. The first-order valence-corrected chi connectivity index (χ1v) is 13.6. The molecule has 40 heavy (non-hydrogen) atoms. The molecule has 206 valence electrons. The molecule has 0 unspecified atom stereocenters. The van der Waals surface area contributed by atoms with Crippen LogP contribution in [0.25, 0.3) is 11.4 Å². The fraction of sp³-hybridized carbons (Fsp3) is 0.333. The SMILES string of the molecule is C[C@H]1COCCN1c1nc(-c2ccc(Nc3cc(=O)n(C)c(=O)[nH]3)cc2)nc2c1CCN(Cc1ccccc1)C2. The monoisotopic (exact) mass is 539 g/mol. The summed E-state index contributed by atoms with van der Waals surface area (Å²) in [6, 6.07) is 19.8. The lowest BCUT2D eigenvalue weighted by atomic mass is 10.0. The molecule has 10 heteroatoms. The molecule has 4 aromatic rings. The van der Waals surface area contributed by atoms with Crippen LogP contribution in [-0.2, 0) is 31.3 Å². The Morgan fingerprint density at radius 1 is 1.05 bits per heavy atom. The summed E-state index contributed by atoms with van der Waals surface area (Å²) < 4.78 is 6.74.